The number of esters is 1. The Kier molecular flexibility index (Phi) is 9.67. The van der Waals surface area contributed by atoms with Crippen molar-refractivity contribution in [2.24, 2.45) is 62.4 Å². The highest BCUT2D eigenvalue weighted by Gasteiger charge is 2.70. The largest absolute Gasteiger partial charge is 0.464 e. The van der Waals surface area contributed by atoms with Crippen LogP contribution in [0.15, 0.2) is 11.1 Å². The Morgan fingerprint density at radius 2 is 1.54 bits per heavy atom. The third-order valence-electron chi connectivity index (χ3n) is 16.2. The number of fused-ring (bicyclic) bond motifs is 7. The summed E-state index contributed by atoms with van der Waals surface area (Å²) in [4.78, 5) is 51.8. The van der Waals surface area contributed by atoms with E-state index >= 15 is 0 Å². The Labute approximate surface area is 307 Å². The minimum absolute atomic E-state index is 0. The fraction of sp³-hybridized carbons (Fsp3) is 0.854. The van der Waals surface area contributed by atoms with Crippen molar-refractivity contribution in [1.82, 2.24) is 5.32 Å². The summed E-state index contributed by atoms with van der Waals surface area (Å²) in [5, 5.41) is 3.39. The molecule has 50 heavy (non-hydrogen) atoms. The van der Waals surface area contributed by atoms with E-state index in [4.69, 9.17) is 15.2 Å². The monoisotopic (exact) mass is 716 g/mol. The molecule has 0 aromatic rings. The van der Waals surface area contributed by atoms with Crippen molar-refractivity contribution >= 4 is 36.5 Å². The molecule has 6 aliphatic rings. The fourth-order valence-corrected chi connectivity index (χ4v) is 13.1. The summed E-state index contributed by atoms with van der Waals surface area (Å²) in [5.74, 6) is 0.843. The van der Waals surface area contributed by atoms with E-state index in [1.54, 1.807) is 13.8 Å². The van der Waals surface area contributed by atoms with Gasteiger partial charge in [0.2, 0.25) is 5.91 Å². The second-order valence-corrected chi connectivity index (χ2v) is 20.1. The van der Waals surface area contributed by atoms with Crippen molar-refractivity contribution in [2.75, 3.05) is 0 Å². The van der Waals surface area contributed by atoms with Gasteiger partial charge in [-0.25, -0.2) is 0 Å². The van der Waals surface area contributed by atoms with E-state index in [2.05, 4.69) is 53.8 Å². The van der Waals surface area contributed by atoms with E-state index in [-0.39, 0.29) is 81.7 Å². The van der Waals surface area contributed by atoms with Gasteiger partial charge in [0.25, 0.3) is 6.47 Å². The first-order valence-corrected chi connectivity index (χ1v) is 19.2. The van der Waals surface area contributed by atoms with Gasteiger partial charge in [0.15, 0.2) is 5.78 Å². The van der Waals surface area contributed by atoms with Gasteiger partial charge in [-0.15, -0.1) is 12.4 Å². The summed E-state index contributed by atoms with van der Waals surface area (Å²) < 4.78 is 11.7. The second kappa shape index (κ2) is 12.3. The van der Waals surface area contributed by atoms with Gasteiger partial charge in [-0.2, -0.15) is 0 Å². The van der Waals surface area contributed by atoms with Crippen LogP contribution in [0.3, 0.4) is 0 Å². The van der Waals surface area contributed by atoms with E-state index in [1.807, 2.05) is 13.8 Å². The average Bonchev–Trinajstić information content (AvgIpc) is 3.28. The van der Waals surface area contributed by atoms with E-state index in [0.29, 0.717) is 31.1 Å². The van der Waals surface area contributed by atoms with Gasteiger partial charge in [-0.3, -0.25) is 19.2 Å². The SMILES string of the molecule is CC(C)C1=C2[C@H]3CC[C@@H]4[C@@]5(C)CC[C@H](OC(=O)[C@H]6C[C@@H](OC=O)C6(C)C)C(C)(C)[C@@H]5CC[C@@]4(C)[C@]3(C)CC[C@@]2(NC(=O)C(C)(C)N)CC1=O.Cl. The van der Waals surface area contributed by atoms with Crippen LogP contribution in [0.25, 0.3) is 0 Å². The number of hydrogen-bond acceptors (Lipinski definition) is 7. The molecule has 9 heteroatoms. The second-order valence-electron chi connectivity index (χ2n) is 20.1. The van der Waals surface area contributed by atoms with Gasteiger partial charge in [0.1, 0.15) is 12.2 Å². The topological polar surface area (TPSA) is 125 Å². The van der Waals surface area contributed by atoms with Crippen LogP contribution in [-0.4, -0.2) is 47.4 Å². The summed E-state index contributed by atoms with van der Waals surface area (Å²) in [6.45, 7) is 24.5. The lowest BCUT2D eigenvalue weighted by Gasteiger charge is -2.72. The minimum atomic E-state index is -1.03. The lowest BCUT2D eigenvalue weighted by molar-refractivity contribution is -0.236. The molecule has 0 aromatic carbocycles. The highest BCUT2D eigenvalue weighted by molar-refractivity contribution is 6.02. The number of ketones is 1. The van der Waals surface area contributed by atoms with Crippen molar-refractivity contribution in [3.05, 3.63) is 11.1 Å². The molecule has 10 atom stereocenters. The van der Waals surface area contributed by atoms with E-state index in [1.165, 1.54) is 5.57 Å². The Morgan fingerprint density at radius 1 is 0.880 bits per heavy atom. The lowest BCUT2D eigenvalue weighted by Crippen LogP contribution is -2.68. The van der Waals surface area contributed by atoms with Crippen LogP contribution < -0.4 is 11.1 Å². The zero-order valence-electron chi connectivity index (χ0n) is 32.6. The summed E-state index contributed by atoms with van der Waals surface area (Å²) in [5.41, 5.74) is 6.35. The maximum Gasteiger partial charge on any atom is 0.310 e. The summed E-state index contributed by atoms with van der Waals surface area (Å²) in [6, 6.07) is 0. The number of carbonyl (C=O) groups is 4. The van der Waals surface area contributed by atoms with Crippen LogP contribution in [0.1, 0.15) is 140 Å². The molecule has 0 saturated heterocycles. The maximum absolute atomic E-state index is 13.8. The van der Waals surface area contributed by atoms with E-state index in [9.17, 15) is 19.2 Å². The number of allylic oxidation sites excluding steroid dienone is 1. The van der Waals surface area contributed by atoms with Gasteiger partial charge in [0, 0.05) is 17.3 Å². The van der Waals surface area contributed by atoms with E-state index < -0.39 is 16.5 Å². The van der Waals surface area contributed by atoms with Gasteiger partial charge in [-0.05, 0) is 123 Å². The number of amides is 1. The maximum atomic E-state index is 13.8. The number of Topliss-reactive ketones (excluding diaryl/α,β-unsaturated/α-hetero) is 1. The number of ether oxygens (including phenoxy) is 2. The molecular formula is C41H65ClN2O6. The van der Waals surface area contributed by atoms with Crippen LogP contribution in [0.4, 0.5) is 0 Å². The average molecular weight is 717 g/mol. The Hall–Kier alpha value is -1.93. The van der Waals surface area contributed by atoms with Crippen LogP contribution >= 0.6 is 12.4 Å². The highest BCUT2D eigenvalue weighted by atomic mass is 35.5. The van der Waals surface area contributed by atoms with E-state index in [0.717, 1.165) is 56.9 Å². The lowest BCUT2D eigenvalue weighted by atomic mass is 9.33. The molecule has 282 valence electrons. The molecule has 3 N–H and O–H groups in total. The number of carbonyl (C=O) groups excluding carboxylic acids is 4. The van der Waals surface area contributed by atoms with Gasteiger partial charge in [-0.1, -0.05) is 62.3 Å². The van der Waals surface area contributed by atoms with Crippen LogP contribution in [-0.2, 0) is 28.7 Å². The summed E-state index contributed by atoms with van der Waals surface area (Å²) in [6.07, 6.45) is 8.36. The van der Waals surface area contributed by atoms with Crippen LogP contribution in [0, 0.1) is 56.7 Å². The van der Waals surface area contributed by atoms with Crippen molar-refractivity contribution in [3.8, 4) is 0 Å². The molecule has 0 bridgehead atoms. The minimum Gasteiger partial charge on any atom is -0.464 e. The number of nitrogens with two attached hydrogens (primary N) is 1. The first kappa shape index (κ1) is 39.3. The molecule has 0 aromatic heterocycles. The Balaban J connectivity index is 0.00000486. The van der Waals surface area contributed by atoms with Crippen molar-refractivity contribution in [1.29, 1.82) is 0 Å². The molecule has 0 unspecified atom stereocenters. The fourth-order valence-electron chi connectivity index (χ4n) is 13.1. The quantitative estimate of drug-likeness (QED) is 0.207. The number of rotatable bonds is 7. The predicted octanol–water partition coefficient (Wildman–Crippen LogP) is 7.49. The zero-order chi connectivity index (χ0) is 36.3. The van der Waals surface area contributed by atoms with Crippen LogP contribution in [0.2, 0.25) is 0 Å². The first-order valence-electron chi connectivity index (χ1n) is 19.2. The molecule has 0 radical (unpaired) electrons. The van der Waals surface area contributed by atoms with Gasteiger partial charge < -0.3 is 20.5 Å². The molecule has 6 aliphatic carbocycles. The molecule has 8 nitrogen and oxygen atoms in total. The molecular weight excluding hydrogens is 652 g/mol. The molecule has 6 rings (SSSR count). The number of halogens is 1. The standard InChI is InChI=1S/C41H64N2O6.ClH/c1-23(2)31-26(45)21-41(43-34(47)37(7,8)42)19-18-39(10)24(32(31)41)12-13-28-38(9)16-15-29(36(5,6)27(38)14-17-40(28,39)11)49-33(46)25-20-30(48-22-44)35(25,3)4;/h22-25,27-30H,12-21,42H2,1-11H3,(H,43,47);1H/t24-,25-,27+,28-,29+,30-,38+,39-,40-,41-;/m1./s1. The smallest absolute Gasteiger partial charge is 0.310 e. The summed E-state index contributed by atoms with van der Waals surface area (Å²) in [7, 11) is 0. The first-order chi connectivity index (χ1) is 22.5. The number of hydrogen-bond donors (Lipinski definition) is 2. The van der Waals surface area contributed by atoms with Gasteiger partial charge in [0.05, 0.1) is 17.0 Å². The third kappa shape index (κ3) is 5.37. The molecule has 0 aliphatic heterocycles. The highest BCUT2D eigenvalue weighted by Crippen LogP contribution is 2.76. The zero-order valence-corrected chi connectivity index (χ0v) is 33.4. The predicted molar refractivity (Wildman–Crippen MR) is 196 cm³/mol. The Morgan fingerprint density at radius 3 is 2.12 bits per heavy atom. The van der Waals surface area contributed by atoms with Crippen LogP contribution in [0.5, 0.6) is 0 Å². The normalized spacial score (nSPS) is 42.9. The Bertz CT molecular complexity index is 1460. The number of nitrogens with one attached hydrogen (secondary N) is 1. The summed E-state index contributed by atoms with van der Waals surface area (Å²) >= 11 is 0. The van der Waals surface area contributed by atoms with Crippen molar-refractivity contribution in [3.63, 3.8) is 0 Å². The molecule has 1 amide bonds. The molecule has 0 spiro atoms. The molecule has 5 fully saturated rings. The van der Waals surface area contributed by atoms with Crippen molar-refractivity contribution in [2.45, 2.75) is 164 Å². The molecule has 0 heterocycles. The molecule has 5 saturated carbocycles. The third-order valence-corrected chi connectivity index (χ3v) is 16.2. The van der Waals surface area contributed by atoms with Crippen molar-refractivity contribution < 1.29 is 28.7 Å². The van der Waals surface area contributed by atoms with Gasteiger partial charge >= 0.3 is 5.97 Å².